The summed E-state index contributed by atoms with van der Waals surface area (Å²) in [5, 5.41) is 31.3. The van der Waals surface area contributed by atoms with Crippen LogP contribution in [0.3, 0.4) is 0 Å². The predicted molar refractivity (Wildman–Crippen MR) is 61.1 cm³/mol. The Bertz CT molecular complexity index is 180. The van der Waals surface area contributed by atoms with Crippen molar-refractivity contribution in [1.29, 1.82) is 0 Å². The van der Waals surface area contributed by atoms with Crippen molar-refractivity contribution in [3.05, 3.63) is 0 Å². The summed E-state index contributed by atoms with van der Waals surface area (Å²) in [4.78, 5) is 0. The molecule has 4 atom stereocenters. The standard InChI is InChI=1S/C10H21NO3.ClH/c1-6(2)4-11-8-3-7(5-12)9(13)10(8)14;/h6-14H,3-5H2,1-2H3;1H/t7-,8-,9-,10+;/m1./s1. The normalized spacial score (nSPS) is 35.6. The molecule has 4 nitrogen and oxygen atoms in total. The summed E-state index contributed by atoms with van der Waals surface area (Å²) in [6, 6.07) is -0.0791. The monoisotopic (exact) mass is 239 g/mol. The van der Waals surface area contributed by atoms with Crippen molar-refractivity contribution in [3.63, 3.8) is 0 Å². The third-order valence-corrected chi connectivity index (χ3v) is 2.82. The van der Waals surface area contributed by atoms with Crippen LogP contribution in [-0.2, 0) is 0 Å². The second kappa shape index (κ2) is 6.66. The van der Waals surface area contributed by atoms with Crippen LogP contribution in [0.15, 0.2) is 0 Å². The summed E-state index contributed by atoms with van der Waals surface area (Å²) in [5.74, 6) is 0.335. The molecule has 1 aliphatic carbocycles. The van der Waals surface area contributed by atoms with Gasteiger partial charge in [0.05, 0.1) is 12.2 Å². The van der Waals surface area contributed by atoms with E-state index in [0.717, 1.165) is 6.54 Å². The van der Waals surface area contributed by atoms with E-state index in [9.17, 15) is 10.2 Å². The van der Waals surface area contributed by atoms with Gasteiger partial charge in [-0.15, -0.1) is 12.4 Å². The first-order valence-electron chi connectivity index (χ1n) is 5.26. The zero-order valence-electron chi connectivity index (χ0n) is 9.26. The lowest BCUT2D eigenvalue weighted by Gasteiger charge is -2.19. The maximum absolute atomic E-state index is 9.65. The van der Waals surface area contributed by atoms with E-state index in [2.05, 4.69) is 19.2 Å². The highest BCUT2D eigenvalue weighted by Gasteiger charge is 2.40. The number of halogens is 1. The highest BCUT2D eigenvalue weighted by Crippen LogP contribution is 2.26. The van der Waals surface area contributed by atoms with Crippen molar-refractivity contribution < 1.29 is 15.3 Å². The van der Waals surface area contributed by atoms with Gasteiger partial charge in [0.15, 0.2) is 0 Å². The maximum Gasteiger partial charge on any atom is 0.0955 e. The second-order valence-corrected chi connectivity index (χ2v) is 4.57. The fraction of sp³-hybridized carbons (Fsp3) is 1.00. The van der Waals surface area contributed by atoms with Gasteiger partial charge in [-0.1, -0.05) is 13.8 Å². The fourth-order valence-electron chi connectivity index (χ4n) is 1.90. The molecule has 0 saturated heterocycles. The lowest BCUT2D eigenvalue weighted by Crippen LogP contribution is -2.41. The minimum atomic E-state index is -0.787. The molecule has 0 aromatic carbocycles. The van der Waals surface area contributed by atoms with Crippen LogP contribution in [0.2, 0.25) is 0 Å². The number of nitrogens with one attached hydrogen (secondary N) is 1. The minimum absolute atomic E-state index is 0. The lowest BCUT2D eigenvalue weighted by molar-refractivity contribution is -0.000380. The molecule has 1 fully saturated rings. The minimum Gasteiger partial charge on any atom is -0.396 e. The van der Waals surface area contributed by atoms with Crippen LogP contribution in [-0.4, -0.2) is 46.7 Å². The topological polar surface area (TPSA) is 72.7 Å². The Morgan fingerprint density at radius 1 is 1.27 bits per heavy atom. The zero-order valence-corrected chi connectivity index (χ0v) is 10.1. The largest absolute Gasteiger partial charge is 0.396 e. The van der Waals surface area contributed by atoms with Crippen LogP contribution >= 0.6 is 12.4 Å². The van der Waals surface area contributed by atoms with Crippen LogP contribution < -0.4 is 5.32 Å². The van der Waals surface area contributed by atoms with Crippen LogP contribution in [0.5, 0.6) is 0 Å². The van der Waals surface area contributed by atoms with Gasteiger partial charge in [-0.3, -0.25) is 0 Å². The van der Waals surface area contributed by atoms with Crippen molar-refractivity contribution in [3.8, 4) is 0 Å². The molecule has 0 radical (unpaired) electrons. The highest BCUT2D eigenvalue weighted by atomic mass is 35.5. The van der Waals surface area contributed by atoms with Gasteiger partial charge in [-0.2, -0.15) is 0 Å². The van der Waals surface area contributed by atoms with Crippen molar-refractivity contribution in [2.24, 2.45) is 11.8 Å². The zero-order chi connectivity index (χ0) is 10.7. The average Bonchev–Trinajstić information content (AvgIpc) is 2.41. The molecule has 0 aromatic heterocycles. The van der Waals surface area contributed by atoms with Crippen molar-refractivity contribution in [2.75, 3.05) is 13.2 Å². The SMILES string of the molecule is CC(C)CN[C@@H]1C[C@H](CO)[C@@H](O)[C@H]1O.Cl. The number of aliphatic hydroxyl groups excluding tert-OH is 3. The number of rotatable bonds is 4. The molecule has 4 N–H and O–H groups in total. The lowest BCUT2D eigenvalue weighted by atomic mass is 10.1. The van der Waals surface area contributed by atoms with Crippen molar-refractivity contribution >= 4 is 12.4 Å². The Morgan fingerprint density at radius 2 is 1.87 bits per heavy atom. The van der Waals surface area contributed by atoms with Crippen LogP contribution in [0.4, 0.5) is 0 Å². The molecule has 1 saturated carbocycles. The van der Waals surface area contributed by atoms with Gasteiger partial charge < -0.3 is 20.6 Å². The summed E-state index contributed by atoms with van der Waals surface area (Å²) in [6.07, 6.45) is -0.887. The molecule has 5 heteroatoms. The molecule has 1 aliphatic rings. The van der Waals surface area contributed by atoms with E-state index in [-0.39, 0.29) is 31.0 Å². The Balaban J connectivity index is 0.00000196. The van der Waals surface area contributed by atoms with E-state index in [1.807, 2.05) is 0 Å². The van der Waals surface area contributed by atoms with Crippen molar-refractivity contribution in [1.82, 2.24) is 5.32 Å². The molecule has 0 heterocycles. The molecule has 0 unspecified atom stereocenters. The molecule has 15 heavy (non-hydrogen) atoms. The summed E-state index contributed by atoms with van der Waals surface area (Å²) in [5.41, 5.74) is 0. The van der Waals surface area contributed by atoms with Gasteiger partial charge in [-0.25, -0.2) is 0 Å². The maximum atomic E-state index is 9.65. The Labute approximate surface area is 97.1 Å². The third-order valence-electron chi connectivity index (χ3n) is 2.82. The smallest absolute Gasteiger partial charge is 0.0955 e. The molecule has 92 valence electrons. The van der Waals surface area contributed by atoms with E-state index in [0.29, 0.717) is 12.3 Å². The van der Waals surface area contributed by atoms with E-state index in [1.165, 1.54) is 0 Å². The predicted octanol–water partition coefficient (Wildman–Crippen LogP) is -0.244. The summed E-state index contributed by atoms with van der Waals surface area (Å²) >= 11 is 0. The van der Waals surface area contributed by atoms with Crippen LogP contribution in [0.1, 0.15) is 20.3 Å². The van der Waals surface area contributed by atoms with Crippen molar-refractivity contribution in [2.45, 2.75) is 38.5 Å². The van der Waals surface area contributed by atoms with Gasteiger partial charge in [0.1, 0.15) is 0 Å². The van der Waals surface area contributed by atoms with Crippen LogP contribution in [0.25, 0.3) is 0 Å². The van der Waals surface area contributed by atoms with Gasteiger partial charge in [-0.05, 0) is 18.9 Å². The summed E-state index contributed by atoms with van der Waals surface area (Å²) in [7, 11) is 0. The van der Waals surface area contributed by atoms with Gasteiger partial charge in [0, 0.05) is 18.6 Å². The number of hydrogen-bond donors (Lipinski definition) is 4. The fourth-order valence-corrected chi connectivity index (χ4v) is 1.90. The first kappa shape index (κ1) is 15.1. The first-order chi connectivity index (χ1) is 6.56. The molecule has 0 aromatic rings. The molecular formula is C10H22ClNO3. The number of hydrogen-bond acceptors (Lipinski definition) is 4. The third kappa shape index (κ3) is 3.89. The van der Waals surface area contributed by atoms with Crippen LogP contribution in [0, 0.1) is 11.8 Å². The number of aliphatic hydroxyl groups is 3. The first-order valence-corrected chi connectivity index (χ1v) is 5.26. The molecule has 0 bridgehead atoms. The quantitative estimate of drug-likeness (QED) is 0.546. The molecule has 0 amide bonds. The summed E-state index contributed by atoms with van der Waals surface area (Å²) < 4.78 is 0. The molecule has 0 aliphatic heterocycles. The summed E-state index contributed by atoms with van der Waals surface area (Å²) in [6.45, 7) is 4.95. The van der Waals surface area contributed by atoms with E-state index >= 15 is 0 Å². The van der Waals surface area contributed by atoms with Gasteiger partial charge >= 0.3 is 0 Å². The average molecular weight is 240 g/mol. The molecule has 0 spiro atoms. The van der Waals surface area contributed by atoms with Gasteiger partial charge in [0.2, 0.25) is 0 Å². The second-order valence-electron chi connectivity index (χ2n) is 4.57. The molecular weight excluding hydrogens is 218 g/mol. The Hall–Kier alpha value is 0.130. The Morgan fingerprint density at radius 3 is 2.27 bits per heavy atom. The highest BCUT2D eigenvalue weighted by molar-refractivity contribution is 5.85. The van der Waals surface area contributed by atoms with E-state index < -0.39 is 12.2 Å². The van der Waals surface area contributed by atoms with Gasteiger partial charge in [0.25, 0.3) is 0 Å². The van der Waals surface area contributed by atoms with E-state index in [4.69, 9.17) is 5.11 Å². The van der Waals surface area contributed by atoms with E-state index in [1.54, 1.807) is 0 Å². The molecule has 1 rings (SSSR count). The Kier molecular flexibility index (Phi) is 6.71.